The monoisotopic (exact) mass is 275 g/mol. The van der Waals surface area contributed by atoms with Crippen molar-refractivity contribution in [2.75, 3.05) is 12.4 Å². The smallest absolute Gasteiger partial charge is 0.266 e. The standard InChI is InChI=1S/C11H14ClNO3S/c1-3-13(11(14)8-12)17(15,16)10-6-4-9(2)5-7-10/h4-7H,3,8H2,1-2H3. The van der Waals surface area contributed by atoms with Crippen molar-refractivity contribution >= 4 is 27.5 Å². The number of hydrogen-bond acceptors (Lipinski definition) is 3. The van der Waals surface area contributed by atoms with E-state index in [9.17, 15) is 13.2 Å². The summed E-state index contributed by atoms with van der Waals surface area (Å²) in [5.74, 6) is -0.964. The molecule has 0 saturated carbocycles. The first-order valence-electron chi connectivity index (χ1n) is 5.11. The van der Waals surface area contributed by atoms with Crippen LogP contribution in [0.5, 0.6) is 0 Å². The van der Waals surface area contributed by atoms with Gasteiger partial charge in [-0.15, -0.1) is 11.6 Å². The van der Waals surface area contributed by atoms with Crippen molar-refractivity contribution in [3.05, 3.63) is 29.8 Å². The molecule has 1 rings (SSSR count). The maximum Gasteiger partial charge on any atom is 0.266 e. The number of carbonyl (C=O) groups excluding carboxylic acids is 1. The molecular formula is C11H14ClNO3S. The Kier molecular flexibility index (Phi) is 4.54. The molecule has 1 aromatic rings. The molecule has 0 aromatic heterocycles. The third-order valence-corrected chi connectivity index (χ3v) is 4.43. The van der Waals surface area contributed by atoms with E-state index in [2.05, 4.69) is 0 Å². The van der Waals surface area contributed by atoms with Crippen molar-refractivity contribution in [2.45, 2.75) is 18.7 Å². The van der Waals surface area contributed by atoms with Crippen LogP contribution in [0.1, 0.15) is 12.5 Å². The maximum atomic E-state index is 12.1. The van der Waals surface area contributed by atoms with E-state index in [0.717, 1.165) is 9.87 Å². The van der Waals surface area contributed by atoms with E-state index in [1.807, 2.05) is 6.92 Å². The van der Waals surface area contributed by atoms with Crippen molar-refractivity contribution in [2.24, 2.45) is 0 Å². The number of sulfonamides is 1. The Morgan fingerprint density at radius 3 is 2.24 bits per heavy atom. The van der Waals surface area contributed by atoms with E-state index in [-0.39, 0.29) is 17.3 Å². The summed E-state index contributed by atoms with van der Waals surface area (Å²) in [5, 5.41) is 0. The Hall–Kier alpha value is -1.07. The molecule has 6 heteroatoms. The van der Waals surface area contributed by atoms with Crippen molar-refractivity contribution in [1.29, 1.82) is 0 Å². The van der Waals surface area contributed by atoms with Crippen molar-refractivity contribution in [3.8, 4) is 0 Å². The lowest BCUT2D eigenvalue weighted by atomic mass is 10.2. The molecule has 0 N–H and O–H groups in total. The predicted molar refractivity (Wildman–Crippen MR) is 66.5 cm³/mol. The molecule has 0 atom stereocenters. The highest BCUT2D eigenvalue weighted by atomic mass is 35.5. The SMILES string of the molecule is CCN(C(=O)CCl)S(=O)(=O)c1ccc(C)cc1. The fourth-order valence-electron chi connectivity index (χ4n) is 1.38. The molecule has 1 aromatic carbocycles. The molecule has 0 radical (unpaired) electrons. The van der Waals surface area contributed by atoms with Crippen LogP contribution in [0.2, 0.25) is 0 Å². The molecule has 0 fully saturated rings. The van der Waals surface area contributed by atoms with Gasteiger partial charge in [0.2, 0.25) is 0 Å². The lowest BCUT2D eigenvalue weighted by Crippen LogP contribution is -2.37. The number of hydrogen-bond donors (Lipinski definition) is 0. The minimum atomic E-state index is -3.78. The summed E-state index contributed by atoms with van der Waals surface area (Å²) in [6, 6.07) is 6.33. The van der Waals surface area contributed by atoms with E-state index in [1.165, 1.54) is 12.1 Å². The van der Waals surface area contributed by atoms with Gasteiger partial charge in [-0.3, -0.25) is 4.79 Å². The van der Waals surface area contributed by atoms with Crippen LogP contribution in [0.4, 0.5) is 0 Å². The highest BCUT2D eigenvalue weighted by Crippen LogP contribution is 2.16. The van der Waals surface area contributed by atoms with Crippen LogP contribution in [0.3, 0.4) is 0 Å². The predicted octanol–water partition coefficient (Wildman–Crippen LogP) is 1.77. The Morgan fingerprint density at radius 1 is 1.29 bits per heavy atom. The van der Waals surface area contributed by atoms with Crippen LogP contribution in [0.15, 0.2) is 29.2 Å². The van der Waals surface area contributed by atoms with Crippen LogP contribution in [0, 0.1) is 6.92 Å². The van der Waals surface area contributed by atoms with Crippen LogP contribution in [-0.4, -0.2) is 31.1 Å². The van der Waals surface area contributed by atoms with E-state index in [1.54, 1.807) is 19.1 Å². The van der Waals surface area contributed by atoms with Crippen molar-refractivity contribution in [3.63, 3.8) is 0 Å². The zero-order chi connectivity index (χ0) is 13.1. The molecule has 0 saturated heterocycles. The Morgan fingerprint density at radius 2 is 1.82 bits per heavy atom. The third-order valence-electron chi connectivity index (χ3n) is 2.29. The number of alkyl halides is 1. The first kappa shape index (κ1) is 14.0. The summed E-state index contributed by atoms with van der Waals surface area (Å²) in [7, 11) is -3.78. The average Bonchev–Trinajstić information content (AvgIpc) is 2.29. The molecule has 94 valence electrons. The van der Waals surface area contributed by atoms with E-state index in [4.69, 9.17) is 11.6 Å². The van der Waals surface area contributed by atoms with Gasteiger partial charge in [0.05, 0.1) is 4.90 Å². The summed E-state index contributed by atoms with van der Waals surface area (Å²) >= 11 is 5.39. The number of halogens is 1. The fourth-order valence-corrected chi connectivity index (χ4v) is 3.01. The maximum absolute atomic E-state index is 12.1. The Bertz CT molecular complexity index is 496. The largest absolute Gasteiger partial charge is 0.272 e. The second-order valence-electron chi connectivity index (χ2n) is 3.51. The lowest BCUT2D eigenvalue weighted by molar-refractivity contribution is -0.123. The molecule has 4 nitrogen and oxygen atoms in total. The fraction of sp³-hybridized carbons (Fsp3) is 0.364. The van der Waals surface area contributed by atoms with Gasteiger partial charge in [0.1, 0.15) is 5.88 Å². The number of benzene rings is 1. The first-order chi connectivity index (χ1) is 7.93. The van der Waals surface area contributed by atoms with Gasteiger partial charge < -0.3 is 0 Å². The number of aryl methyl sites for hydroxylation is 1. The van der Waals surface area contributed by atoms with Gasteiger partial charge in [-0.1, -0.05) is 17.7 Å². The average molecular weight is 276 g/mol. The Labute approximate surface area is 106 Å². The van der Waals surface area contributed by atoms with Gasteiger partial charge in [0.15, 0.2) is 0 Å². The summed E-state index contributed by atoms with van der Waals surface area (Å²) in [5.41, 5.74) is 0.954. The molecule has 0 aliphatic carbocycles. The molecule has 1 amide bonds. The zero-order valence-electron chi connectivity index (χ0n) is 9.68. The summed E-state index contributed by atoms with van der Waals surface area (Å²) in [6.45, 7) is 3.52. The molecule has 0 heterocycles. The highest BCUT2D eigenvalue weighted by molar-refractivity contribution is 7.89. The van der Waals surface area contributed by atoms with E-state index >= 15 is 0 Å². The highest BCUT2D eigenvalue weighted by Gasteiger charge is 2.26. The van der Waals surface area contributed by atoms with Crippen LogP contribution < -0.4 is 0 Å². The van der Waals surface area contributed by atoms with Gasteiger partial charge in [-0.25, -0.2) is 12.7 Å². The van der Waals surface area contributed by atoms with Gasteiger partial charge in [0.25, 0.3) is 15.9 Å². The summed E-state index contributed by atoms with van der Waals surface area (Å²) in [6.07, 6.45) is 0. The van der Waals surface area contributed by atoms with Crippen LogP contribution in [0.25, 0.3) is 0 Å². The van der Waals surface area contributed by atoms with Crippen LogP contribution in [-0.2, 0) is 14.8 Å². The quantitative estimate of drug-likeness (QED) is 0.787. The normalized spacial score (nSPS) is 11.2. The number of nitrogens with zero attached hydrogens (tertiary/aromatic N) is 1. The first-order valence-corrected chi connectivity index (χ1v) is 7.09. The second kappa shape index (κ2) is 5.51. The number of amides is 1. The minimum absolute atomic E-state index is 0.0712. The van der Waals surface area contributed by atoms with Gasteiger partial charge in [0, 0.05) is 6.54 Å². The van der Waals surface area contributed by atoms with Crippen molar-refractivity contribution in [1.82, 2.24) is 4.31 Å². The van der Waals surface area contributed by atoms with Gasteiger partial charge in [-0.05, 0) is 26.0 Å². The summed E-state index contributed by atoms with van der Waals surface area (Å²) in [4.78, 5) is 11.5. The van der Waals surface area contributed by atoms with E-state index < -0.39 is 15.9 Å². The molecule has 17 heavy (non-hydrogen) atoms. The Balaban J connectivity index is 3.17. The zero-order valence-corrected chi connectivity index (χ0v) is 11.3. The molecule has 0 bridgehead atoms. The number of rotatable bonds is 4. The third kappa shape index (κ3) is 2.98. The second-order valence-corrected chi connectivity index (χ2v) is 5.64. The van der Waals surface area contributed by atoms with Crippen molar-refractivity contribution < 1.29 is 13.2 Å². The van der Waals surface area contributed by atoms with E-state index in [0.29, 0.717) is 0 Å². The van der Waals surface area contributed by atoms with Gasteiger partial charge in [-0.2, -0.15) is 0 Å². The van der Waals surface area contributed by atoms with Gasteiger partial charge >= 0.3 is 0 Å². The molecular weight excluding hydrogens is 262 g/mol. The number of carbonyl (C=O) groups is 1. The summed E-state index contributed by atoms with van der Waals surface area (Å²) < 4.78 is 25.0. The molecule has 0 aliphatic heterocycles. The molecule has 0 aliphatic rings. The van der Waals surface area contributed by atoms with Crippen LogP contribution >= 0.6 is 11.6 Å². The lowest BCUT2D eigenvalue weighted by Gasteiger charge is -2.19. The topological polar surface area (TPSA) is 54.5 Å². The molecule has 0 spiro atoms. The molecule has 0 unspecified atom stereocenters. The minimum Gasteiger partial charge on any atom is -0.272 e.